The lowest BCUT2D eigenvalue weighted by atomic mass is 10.1. The first kappa shape index (κ1) is 16.1. The average Bonchev–Trinajstić information content (AvgIpc) is 3.02. The normalized spacial score (nSPS) is 15.4. The lowest BCUT2D eigenvalue weighted by molar-refractivity contribution is -0.117. The Balaban J connectivity index is 1.80. The van der Waals surface area contributed by atoms with Crippen LogP contribution in [-0.4, -0.2) is 23.4 Å². The van der Waals surface area contributed by atoms with Crippen molar-refractivity contribution in [3.05, 3.63) is 59.7 Å². The molecule has 6 heteroatoms. The summed E-state index contributed by atoms with van der Waals surface area (Å²) in [5.74, 6) is -1.46. The number of anilines is 1. The molecule has 24 heavy (non-hydrogen) atoms. The Kier molecular flexibility index (Phi) is 4.55. The number of carbonyl (C=O) groups excluding carboxylic acids is 2. The van der Waals surface area contributed by atoms with Gasteiger partial charge in [-0.1, -0.05) is 6.07 Å². The van der Waals surface area contributed by atoms with Crippen LogP contribution in [0.1, 0.15) is 41.8 Å². The summed E-state index contributed by atoms with van der Waals surface area (Å²) >= 11 is 0. The van der Waals surface area contributed by atoms with E-state index in [9.17, 15) is 14.0 Å². The molecule has 0 bridgehead atoms. The molecule has 5 nitrogen and oxygen atoms in total. The van der Waals surface area contributed by atoms with Crippen LogP contribution in [0.25, 0.3) is 0 Å². The number of aromatic nitrogens is 1. The van der Waals surface area contributed by atoms with E-state index in [1.54, 1.807) is 36.4 Å². The second-order valence-electron chi connectivity index (χ2n) is 5.65. The third-order valence-electron chi connectivity index (χ3n) is 3.99. The Morgan fingerprint density at radius 1 is 1.38 bits per heavy atom. The molecule has 0 spiro atoms. The Morgan fingerprint density at radius 2 is 2.21 bits per heavy atom. The number of halogens is 1. The monoisotopic (exact) mass is 328 g/mol. The van der Waals surface area contributed by atoms with Gasteiger partial charge < -0.3 is 9.64 Å². The van der Waals surface area contributed by atoms with Crippen LogP contribution < -0.4 is 4.90 Å². The van der Waals surface area contributed by atoms with Crippen LogP contribution in [0.5, 0.6) is 0 Å². The maximum atomic E-state index is 14.0. The molecule has 1 aliphatic rings. The van der Waals surface area contributed by atoms with Crippen molar-refractivity contribution in [1.29, 1.82) is 0 Å². The number of esters is 1. The summed E-state index contributed by atoms with van der Waals surface area (Å²) in [7, 11) is 0. The molecule has 2 heterocycles. The topological polar surface area (TPSA) is 59.5 Å². The van der Waals surface area contributed by atoms with Gasteiger partial charge in [0.15, 0.2) is 0 Å². The maximum absolute atomic E-state index is 14.0. The van der Waals surface area contributed by atoms with Gasteiger partial charge in [0.25, 0.3) is 0 Å². The number of hydrogen-bond acceptors (Lipinski definition) is 4. The molecule has 1 amide bonds. The van der Waals surface area contributed by atoms with Gasteiger partial charge in [-0.3, -0.25) is 9.78 Å². The Morgan fingerprint density at radius 3 is 2.88 bits per heavy atom. The van der Waals surface area contributed by atoms with Crippen molar-refractivity contribution in [1.82, 2.24) is 4.98 Å². The maximum Gasteiger partial charge on any atom is 0.341 e. The van der Waals surface area contributed by atoms with E-state index in [0.717, 1.165) is 12.0 Å². The quantitative estimate of drug-likeness (QED) is 0.808. The molecule has 1 aromatic carbocycles. The van der Waals surface area contributed by atoms with E-state index >= 15 is 0 Å². The second kappa shape index (κ2) is 6.78. The molecule has 1 saturated heterocycles. The van der Waals surface area contributed by atoms with Gasteiger partial charge in [-0.2, -0.15) is 0 Å². The number of nitrogens with zero attached hydrogens (tertiary/aromatic N) is 2. The van der Waals surface area contributed by atoms with Gasteiger partial charge in [-0.15, -0.1) is 0 Å². The number of ether oxygens (including phenoxy) is 1. The second-order valence-corrected chi connectivity index (χ2v) is 5.65. The largest absolute Gasteiger partial charge is 0.454 e. The van der Waals surface area contributed by atoms with Gasteiger partial charge in [0.1, 0.15) is 11.9 Å². The van der Waals surface area contributed by atoms with E-state index < -0.39 is 17.9 Å². The molecule has 3 rings (SSSR count). The van der Waals surface area contributed by atoms with E-state index in [0.29, 0.717) is 18.7 Å². The fourth-order valence-corrected chi connectivity index (χ4v) is 2.67. The van der Waals surface area contributed by atoms with Crippen LogP contribution in [0.3, 0.4) is 0 Å². The molecule has 1 aromatic heterocycles. The Bertz CT molecular complexity index is 764. The molecule has 2 aromatic rings. The van der Waals surface area contributed by atoms with E-state index in [1.165, 1.54) is 18.2 Å². The third kappa shape index (κ3) is 3.27. The lowest BCUT2D eigenvalue weighted by Gasteiger charge is -2.18. The molecule has 0 N–H and O–H groups in total. The van der Waals surface area contributed by atoms with Crippen LogP contribution in [0, 0.1) is 5.82 Å². The minimum Gasteiger partial charge on any atom is -0.454 e. The van der Waals surface area contributed by atoms with E-state index in [1.807, 2.05) is 0 Å². The Labute approximate surface area is 139 Å². The van der Waals surface area contributed by atoms with Crippen molar-refractivity contribution in [2.75, 3.05) is 11.4 Å². The molecule has 1 unspecified atom stereocenters. The van der Waals surface area contributed by atoms with Gasteiger partial charge in [0, 0.05) is 36.6 Å². The zero-order valence-electron chi connectivity index (χ0n) is 13.2. The zero-order chi connectivity index (χ0) is 17.1. The van der Waals surface area contributed by atoms with E-state index in [2.05, 4.69) is 4.98 Å². The molecule has 1 aliphatic heterocycles. The van der Waals surface area contributed by atoms with Crippen LogP contribution in [0.15, 0.2) is 42.7 Å². The van der Waals surface area contributed by atoms with Gasteiger partial charge in [-0.05, 0) is 37.6 Å². The Hall–Kier alpha value is -2.76. The average molecular weight is 328 g/mol. The van der Waals surface area contributed by atoms with Crippen LogP contribution in [0.2, 0.25) is 0 Å². The van der Waals surface area contributed by atoms with Crippen molar-refractivity contribution in [2.24, 2.45) is 0 Å². The van der Waals surface area contributed by atoms with Crippen molar-refractivity contribution in [3.63, 3.8) is 0 Å². The standard InChI is InChI=1S/C18H17FN2O3/c1-12(13-4-2-8-20-11-13)24-18(23)15-10-14(6-7-16(15)19)21-9-3-5-17(21)22/h2,4,6-8,10-12H,3,5,9H2,1H3. The summed E-state index contributed by atoms with van der Waals surface area (Å²) in [6.07, 6.45) is 3.88. The predicted octanol–water partition coefficient (Wildman–Crippen LogP) is 3.27. The highest BCUT2D eigenvalue weighted by Gasteiger charge is 2.24. The minimum atomic E-state index is -0.766. The fourth-order valence-electron chi connectivity index (χ4n) is 2.67. The smallest absolute Gasteiger partial charge is 0.341 e. The first-order valence-corrected chi connectivity index (χ1v) is 7.77. The summed E-state index contributed by atoms with van der Waals surface area (Å²) in [5, 5.41) is 0. The number of pyridine rings is 1. The molecular formula is C18H17FN2O3. The third-order valence-corrected chi connectivity index (χ3v) is 3.99. The predicted molar refractivity (Wildman–Crippen MR) is 86.1 cm³/mol. The van der Waals surface area contributed by atoms with Crippen LogP contribution in [-0.2, 0) is 9.53 Å². The molecular weight excluding hydrogens is 311 g/mol. The highest BCUT2D eigenvalue weighted by Crippen LogP contribution is 2.25. The highest BCUT2D eigenvalue weighted by atomic mass is 19.1. The van der Waals surface area contributed by atoms with E-state index in [-0.39, 0.29) is 11.5 Å². The van der Waals surface area contributed by atoms with Crippen molar-refractivity contribution < 1.29 is 18.7 Å². The first-order valence-electron chi connectivity index (χ1n) is 7.77. The molecule has 1 fully saturated rings. The summed E-state index contributed by atoms with van der Waals surface area (Å²) in [6.45, 7) is 2.27. The minimum absolute atomic E-state index is 0.0235. The fraction of sp³-hybridized carbons (Fsp3) is 0.278. The number of hydrogen-bond donors (Lipinski definition) is 0. The van der Waals surface area contributed by atoms with Crippen molar-refractivity contribution in [2.45, 2.75) is 25.9 Å². The summed E-state index contributed by atoms with van der Waals surface area (Å²) in [6, 6.07) is 7.57. The molecule has 0 aliphatic carbocycles. The SMILES string of the molecule is CC(OC(=O)c1cc(N2CCCC2=O)ccc1F)c1cccnc1. The number of amides is 1. The lowest BCUT2D eigenvalue weighted by Crippen LogP contribution is -2.24. The summed E-state index contributed by atoms with van der Waals surface area (Å²) < 4.78 is 19.4. The van der Waals surface area contributed by atoms with Crippen molar-refractivity contribution in [3.8, 4) is 0 Å². The van der Waals surface area contributed by atoms with Crippen molar-refractivity contribution >= 4 is 17.6 Å². The molecule has 0 saturated carbocycles. The van der Waals surface area contributed by atoms with Crippen LogP contribution in [0.4, 0.5) is 10.1 Å². The number of benzene rings is 1. The van der Waals surface area contributed by atoms with Gasteiger partial charge in [0.05, 0.1) is 5.56 Å². The first-order chi connectivity index (χ1) is 11.6. The molecule has 0 radical (unpaired) electrons. The number of carbonyl (C=O) groups is 2. The van der Waals surface area contributed by atoms with Crippen LogP contribution >= 0.6 is 0 Å². The van der Waals surface area contributed by atoms with Gasteiger partial charge >= 0.3 is 5.97 Å². The highest BCUT2D eigenvalue weighted by molar-refractivity contribution is 5.97. The molecule has 124 valence electrons. The van der Waals surface area contributed by atoms with Gasteiger partial charge in [0.2, 0.25) is 5.91 Å². The summed E-state index contributed by atoms with van der Waals surface area (Å²) in [4.78, 5) is 29.6. The summed E-state index contributed by atoms with van der Waals surface area (Å²) in [5.41, 5.74) is 1.06. The molecule has 1 atom stereocenters. The number of rotatable bonds is 4. The van der Waals surface area contributed by atoms with E-state index in [4.69, 9.17) is 4.74 Å². The zero-order valence-corrected chi connectivity index (χ0v) is 13.2. The van der Waals surface area contributed by atoms with Gasteiger partial charge in [-0.25, -0.2) is 9.18 Å².